The average Bonchev–Trinajstić information content (AvgIpc) is 2.80. The van der Waals surface area contributed by atoms with E-state index < -0.39 is 7.92 Å². The predicted molar refractivity (Wildman–Crippen MR) is 132 cm³/mol. The molecular weight excluding hydrogens is 381 g/mol. The first-order valence-corrected chi connectivity index (χ1v) is 11.7. The van der Waals surface area contributed by atoms with Crippen LogP contribution in [0.5, 0.6) is 0 Å². The van der Waals surface area contributed by atoms with Crippen LogP contribution in [-0.2, 0) is 0 Å². The van der Waals surface area contributed by atoms with Crippen LogP contribution in [0.3, 0.4) is 0 Å². The highest BCUT2D eigenvalue weighted by atomic mass is 31.1. The van der Waals surface area contributed by atoms with Crippen molar-refractivity contribution in [2.45, 2.75) is 19.9 Å². The van der Waals surface area contributed by atoms with Crippen LogP contribution in [-0.4, -0.2) is 6.21 Å². The molecule has 0 unspecified atom stereocenters. The molecule has 0 saturated carbocycles. The van der Waals surface area contributed by atoms with Gasteiger partial charge in [-0.25, -0.2) is 0 Å². The van der Waals surface area contributed by atoms with Gasteiger partial charge in [-0.15, -0.1) is 0 Å². The monoisotopic (exact) mass is 407 g/mol. The Balaban J connectivity index is 1.76. The third kappa shape index (κ3) is 4.58. The zero-order valence-electron chi connectivity index (χ0n) is 17.4. The summed E-state index contributed by atoms with van der Waals surface area (Å²) >= 11 is 0. The zero-order valence-corrected chi connectivity index (χ0v) is 18.3. The van der Waals surface area contributed by atoms with Crippen LogP contribution >= 0.6 is 7.92 Å². The number of nitrogens with zero attached hydrogens (tertiary/aromatic N) is 1. The fraction of sp³-hybridized carbons (Fsp3) is 0.107. The number of aliphatic imine (C=N–C) groups is 1. The maximum atomic E-state index is 4.94. The average molecular weight is 407 g/mol. The molecule has 0 N–H and O–H groups in total. The molecule has 0 bridgehead atoms. The topological polar surface area (TPSA) is 12.4 Å². The van der Waals surface area contributed by atoms with Crippen LogP contribution in [0.4, 0.5) is 0 Å². The summed E-state index contributed by atoms with van der Waals surface area (Å²) in [6, 6.07) is 39.0. The molecule has 0 spiro atoms. The molecule has 0 aliphatic heterocycles. The second-order valence-electron chi connectivity index (χ2n) is 7.38. The van der Waals surface area contributed by atoms with E-state index in [1.165, 1.54) is 32.6 Å². The summed E-state index contributed by atoms with van der Waals surface area (Å²) in [5, 5.41) is 4.10. The van der Waals surface area contributed by atoms with Gasteiger partial charge in [-0.3, -0.25) is 4.99 Å². The number of benzene rings is 4. The van der Waals surface area contributed by atoms with Gasteiger partial charge in [0, 0.05) is 6.21 Å². The van der Waals surface area contributed by atoms with Crippen molar-refractivity contribution in [1.82, 2.24) is 0 Å². The van der Waals surface area contributed by atoms with Crippen LogP contribution in [0, 0.1) is 6.92 Å². The van der Waals surface area contributed by atoms with Crippen LogP contribution in [0.15, 0.2) is 114 Å². The Morgan fingerprint density at radius 1 is 0.667 bits per heavy atom. The molecular formula is C28H26NP. The van der Waals surface area contributed by atoms with Crippen molar-refractivity contribution < 1.29 is 0 Å². The zero-order chi connectivity index (χ0) is 20.8. The van der Waals surface area contributed by atoms with Gasteiger partial charge in [-0.2, -0.15) is 0 Å². The molecule has 0 aliphatic rings. The highest BCUT2D eigenvalue weighted by Gasteiger charge is 2.21. The molecule has 0 saturated heterocycles. The van der Waals surface area contributed by atoms with Gasteiger partial charge < -0.3 is 0 Å². The number of aryl methyl sites for hydroxylation is 1. The predicted octanol–water partition coefficient (Wildman–Crippen LogP) is 5.93. The van der Waals surface area contributed by atoms with Crippen molar-refractivity contribution in [3.63, 3.8) is 0 Å². The summed E-state index contributed by atoms with van der Waals surface area (Å²) in [5.74, 6) is 0. The van der Waals surface area contributed by atoms with E-state index >= 15 is 0 Å². The van der Waals surface area contributed by atoms with Crippen LogP contribution in [0.1, 0.15) is 29.7 Å². The maximum absolute atomic E-state index is 4.94. The SMILES string of the molecule is Cc1ccccc1C=N[C@@H](C)c1ccccc1P(c1ccccc1)c1ccccc1. The highest BCUT2D eigenvalue weighted by Crippen LogP contribution is 2.36. The standard InChI is InChI=1S/C28H26NP/c1-22-13-9-10-14-24(22)21-29-23(2)27-19-11-12-20-28(27)30(25-15-5-3-6-16-25)26-17-7-4-8-18-26/h3-21,23H,1-2H3/t23-/m0/s1. The van der Waals surface area contributed by atoms with Crippen LogP contribution in [0.25, 0.3) is 0 Å². The van der Waals surface area contributed by atoms with Crippen LogP contribution in [0.2, 0.25) is 0 Å². The molecule has 1 atom stereocenters. The maximum Gasteiger partial charge on any atom is 0.0727 e. The lowest BCUT2D eigenvalue weighted by Crippen LogP contribution is -2.23. The van der Waals surface area contributed by atoms with E-state index in [0.29, 0.717) is 0 Å². The first kappa shape index (κ1) is 20.3. The quantitative estimate of drug-likeness (QED) is 0.277. The first-order valence-electron chi connectivity index (χ1n) is 10.3. The second-order valence-corrected chi connectivity index (χ2v) is 9.56. The van der Waals surface area contributed by atoms with Crippen LogP contribution < -0.4 is 15.9 Å². The molecule has 0 fully saturated rings. The first-order chi connectivity index (χ1) is 14.7. The fourth-order valence-electron chi connectivity index (χ4n) is 3.63. The van der Waals surface area contributed by atoms with Gasteiger partial charge >= 0.3 is 0 Å². The Hall–Kier alpha value is -3.02. The minimum atomic E-state index is -0.644. The number of hydrogen-bond acceptors (Lipinski definition) is 1. The molecule has 30 heavy (non-hydrogen) atoms. The Morgan fingerprint density at radius 2 is 1.20 bits per heavy atom. The van der Waals surface area contributed by atoms with Crippen molar-refractivity contribution >= 4 is 30.0 Å². The van der Waals surface area contributed by atoms with Gasteiger partial charge in [-0.1, -0.05) is 109 Å². The molecule has 0 heterocycles. The van der Waals surface area contributed by atoms with E-state index in [4.69, 9.17) is 4.99 Å². The summed E-state index contributed by atoms with van der Waals surface area (Å²) in [5.41, 5.74) is 3.72. The molecule has 1 nitrogen and oxygen atoms in total. The number of hydrogen-bond donors (Lipinski definition) is 0. The molecule has 4 aromatic carbocycles. The summed E-state index contributed by atoms with van der Waals surface area (Å²) in [4.78, 5) is 4.94. The van der Waals surface area contributed by atoms with Crippen molar-refractivity contribution in [3.05, 3.63) is 126 Å². The van der Waals surface area contributed by atoms with Gasteiger partial charge in [0.1, 0.15) is 0 Å². The molecule has 0 aliphatic carbocycles. The third-order valence-electron chi connectivity index (χ3n) is 5.28. The molecule has 4 aromatic rings. The van der Waals surface area contributed by atoms with E-state index in [1.807, 2.05) is 6.21 Å². The van der Waals surface area contributed by atoms with Gasteiger partial charge in [0.05, 0.1) is 6.04 Å². The van der Waals surface area contributed by atoms with Crippen molar-refractivity contribution in [3.8, 4) is 0 Å². The van der Waals surface area contributed by atoms with Crippen molar-refractivity contribution in [2.75, 3.05) is 0 Å². The van der Waals surface area contributed by atoms with Gasteiger partial charge in [0.2, 0.25) is 0 Å². The Labute approximate surface area is 180 Å². The van der Waals surface area contributed by atoms with E-state index in [1.54, 1.807) is 0 Å². The van der Waals surface area contributed by atoms with E-state index in [-0.39, 0.29) is 6.04 Å². The Bertz CT molecular complexity index is 1080. The van der Waals surface area contributed by atoms with E-state index in [2.05, 4.69) is 123 Å². The molecule has 4 rings (SSSR count). The second kappa shape index (κ2) is 9.65. The fourth-order valence-corrected chi connectivity index (χ4v) is 6.18. The van der Waals surface area contributed by atoms with Crippen molar-refractivity contribution in [2.24, 2.45) is 4.99 Å². The molecule has 148 valence electrons. The van der Waals surface area contributed by atoms with Crippen molar-refractivity contribution in [1.29, 1.82) is 0 Å². The minimum absolute atomic E-state index is 0.0817. The van der Waals surface area contributed by atoms with Gasteiger partial charge in [0.25, 0.3) is 0 Å². The molecule has 0 amide bonds. The minimum Gasteiger partial charge on any atom is -0.285 e. The largest absolute Gasteiger partial charge is 0.285 e. The normalized spacial score (nSPS) is 12.4. The van der Waals surface area contributed by atoms with Gasteiger partial charge in [0.15, 0.2) is 0 Å². The lowest BCUT2D eigenvalue weighted by molar-refractivity contribution is 0.831. The summed E-state index contributed by atoms with van der Waals surface area (Å²) in [7, 11) is -0.644. The Kier molecular flexibility index (Phi) is 6.52. The summed E-state index contributed by atoms with van der Waals surface area (Å²) < 4.78 is 0. The highest BCUT2D eigenvalue weighted by molar-refractivity contribution is 7.79. The van der Waals surface area contributed by atoms with E-state index in [9.17, 15) is 0 Å². The smallest absolute Gasteiger partial charge is 0.0727 e. The molecule has 2 heteroatoms. The number of rotatable bonds is 6. The summed E-state index contributed by atoms with van der Waals surface area (Å²) in [6.45, 7) is 4.32. The van der Waals surface area contributed by atoms with Gasteiger partial charge in [-0.05, 0) is 54.4 Å². The lowest BCUT2D eigenvalue weighted by Gasteiger charge is -2.23. The summed E-state index contributed by atoms with van der Waals surface area (Å²) in [6.07, 6.45) is 2.02. The molecule has 0 aromatic heterocycles. The lowest BCUT2D eigenvalue weighted by atomic mass is 10.1. The third-order valence-corrected chi connectivity index (χ3v) is 7.80. The van der Waals surface area contributed by atoms with E-state index in [0.717, 1.165) is 0 Å². The Morgan fingerprint density at radius 3 is 1.83 bits per heavy atom. The molecule has 0 radical (unpaired) electrons.